The Bertz CT molecular complexity index is 1060. The van der Waals surface area contributed by atoms with Crippen LogP contribution in [0.2, 0.25) is 5.02 Å². The monoisotopic (exact) mass is 559 g/mol. The second kappa shape index (κ2) is 16.3. The van der Waals surface area contributed by atoms with Crippen molar-refractivity contribution in [1.82, 2.24) is 4.90 Å². The van der Waals surface area contributed by atoms with Crippen LogP contribution in [0, 0.1) is 6.92 Å². The van der Waals surface area contributed by atoms with E-state index in [1.165, 1.54) is 0 Å². The van der Waals surface area contributed by atoms with Crippen LogP contribution in [0.25, 0.3) is 6.08 Å². The zero-order valence-electron chi connectivity index (χ0n) is 23.1. The Morgan fingerprint density at radius 1 is 1.23 bits per heavy atom. The summed E-state index contributed by atoms with van der Waals surface area (Å²) < 4.78 is 11.9. The molecular formula is C30H42ClN3O5. The topological polar surface area (TPSA) is 107 Å². The van der Waals surface area contributed by atoms with Crippen LogP contribution < -0.4 is 5.73 Å². The van der Waals surface area contributed by atoms with Gasteiger partial charge in [0.2, 0.25) is 0 Å². The lowest BCUT2D eigenvalue weighted by Crippen LogP contribution is -2.37. The number of nitrogens with zero attached hydrogens (tertiary/aromatic N) is 2. The van der Waals surface area contributed by atoms with Gasteiger partial charge < -0.3 is 30.1 Å². The Balaban J connectivity index is 1.89. The molecule has 3 rings (SSSR count). The molecule has 2 atom stereocenters. The summed E-state index contributed by atoms with van der Waals surface area (Å²) in [7, 11) is 0. The van der Waals surface area contributed by atoms with Crippen LogP contribution in [0.5, 0.6) is 5.75 Å². The van der Waals surface area contributed by atoms with Crippen LogP contribution >= 0.6 is 11.6 Å². The highest BCUT2D eigenvalue weighted by Crippen LogP contribution is 2.34. The molecule has 214 valence electrons. The summed E-state index contributed by atoms with van der Waals surface area (Å²) in [4.78, 5) is 20.0. The second-order valence-corrected chi connectivity index (χ2v) is 10.4. The van der Waals surface area contributed by atoms with Crippen LogP contribution in [0.4, 0.5) is 0 Å². The van der Waals surface area contributed by atoms with E-state index >= 15 is 0 Å². The van der Waals surface area contributed by atoms with Gasteiger partial charge in [0.15, 0.2) is 6.61 Å². The van der Waals surface area contributed by atoms with Crippen molar-refractivity contribution in [1.29, 1.82) is 0 Å². The van der Waals surface area contributed by atoms with Crippen molar-refractivity contribution in [2.75, 3.05) is 32.8 Å². The zero-order valence-corrected chi connectivity index (χ0v) is 23.9. The van der Waals surface area contributed by atoms with Crippen molar-refractivity contribution < 1.29 is 24.2 Å². The number of benzene rings is 1. The van der Waals surface area contributed by atoms with Crippen LogP contribution in [-0.2, 0) is 25.5 Å². The van der Waals surface area contributed by atoms with Crippen LogP contribution in [0.3, 0.4) is 0 Å². The molecule has 0 radical (unpaired) electrons. The minimum absolute atomic E-state index is 0.00406. The molecule has 1 unspecified atom stereocenters. The summed E-state index contributed by atoms with van der Waals surface area (Å²) in [6.07, 6.45) is 16.9. The van der Waals surface area contributed by atoms with Crippen molar-refractivity contribution in [3.8, 4) is 5.75 Å². The Morgan fingerprint density at radius 2 is 2.03 bits per heavy atom. The van der Waals surface area contributed by atoms with Crippen LogP contribution in [-0.4, -0.2) is 66.7 Å². The van der Waals surface area contributed by atoms with Crippen LogP contribution in [0.15, 0.2) is 41.8 Å². The maximum absolute atomic E-state index is 12.6. The first-order chi connectivity index (χ1) is 18.9. The number of hydrogen-bond donors (Lipinski definition) is 2. The predicted octanol–water partition coefficient (Wildman–Crippen LogP) is 5.30. The first kappa shape index (κ1) is 30.7. The maximum atomic E-state index is 12.6. The highest BCUT2D eigenvalue weighted by atomic mass is 35.5. The molecule has 0 spiro atoms. The number of halogens is 1. The number of likely N-dealkylation sites (tertiary alicyclic amines) is 1. The molecule has 0 aliphatic carbocycles. The summed E-state index contributed by atoms with van der Waals surface area (Å²) >= 11 is 6.59. The van der Waals surface area contributed by atoms with E-state index in [-0.39, 0.29) is 41.9 Å². The van der Waals surface area contributed by atoms with Crippen molar-refractivity contribution in [2.45, 2.75) is 71.0 Å². The number of carbonyl (C=O) groups excluding carboxylic acids is 1. The fourth-order valence-electron chi connectivity index (χ4n) is 4.55. The van der Waals surface area contributed by atoms with Gasteiger partial charge in [0.25, 0.3) is 5.91 Å². The third-order valence-corrected chi connectivity index (χ3v) is 7.17. The quantitative estimate of drug-likeness (QED) is 0.267. The van der Waals surface area contributed by atoms with Gasteiger partial charge in [-0.25, -0.2) is 0 Å². The minimum atomic E-state index is -0.134. The number of rotatable bonds is 7. The van der Waals surface area contributed by atoms with Gasteiger partial charge in [0.05, 0.1) is 29.2 Å². The van der Waals surface area contributed by atoms with Crippen molar-refractivity contribution >= 4 is 29.3 Å². The van der Waals surface area contributed by atoms with E-state index < -0.39 is 0 Å². The number of ether oxygens (including phenoxy) is 2. The summed E-state index contributed by atoms with van der Waals surface area (Å²) in [5.41, 5.74) is 8.58. The van der Waals surface area contributed by atoms with E-state index in [2.05, 4.69) is 11.2 Å². The van der Waals surface area contributed by atoms with Gasteiger partial charge in [0.1, 0.15) is 5.75 Å². The predicted molar refractivity (Wildman–Crippen MR) is 156 cm³/mol. The Labute approximate surface area is 237 Å². The molecule has 1 aromatic rings. The van der Waals surface area contributed by atoms with Gasteiger partial charge in [0, 0.05) is 32.5 Å². The third-order valence-electron chi connectivity index (χ3n) is 6.75. The van der Waals surface area contributed by atoms with Gasteiger partial charge in [-0.1, -0.05) is 35.0 Å². The molecule has 2 heterocycles. The van der Waals surface area contributed by atoms with E-state index in [1.807, 2.05) is 43.1 Å². The lowest BCUT2D eigenvalue weighted by Gasteiger charge is -2.26. The molecule has 0 aromatic heterocycles. The maximum Gasteiger partial charge on any atom is 0.263 e. The average molecular weight is 560 g/mol. The number of phenolic OH excluding ortho intramolecular Hbond substituents is 1. The number of nitrogens with two attached hydrogens (primary N) is 1. The molecule has 1 fully saturated rings. The molecule has 3 N–H and O–H groups in total. The van der Waals surface area contributed by atoms with Crippen molar-refractivity contribution in [2.24, 2.45) is 10.9 Å². The van der Waals surface area contributed by atoms with Gasteiger partial charge in [-0.3, -0.25) is 4.79 Å². The molecule has 39 heavy (non-hydrogen) atoms. The summed E-state index contributed by atoms with van der Waals surface area (Å²) in [6.45, 7) is 6.43. The number of hydrogen-bond acceptors (Lipinski definition) is 7. The number of carbonyl (C=O) groups is 1. The van der Waals surface area contributed by atoms with Crippen molar-refractivity contribution in [3.63, 3.8) is 0 Å². The molecule has 2 aliphatic heterocycles. The molecular weight excluding hydrogens is 518 g/mol. The summed E-state index contributed by atoms with van der Waals surface area (Å²) in [5, 5.41) is 15.0. The number of allylic oxidation sites excluding steroid dienone is 1. The molecule has 0 bridgehead atoms. The number of aromatic hydroxyl groups is 1. The van der Waals surface area contributed by atoms with Gasteiger partial charge >= 0.3 is 0 Å². The van der Waals surface area contributed by atoms with Gasteiger partial charge in [-0.2, -0.15) is 0 Å². The Morgan fingerprint density at radius 3 is 2.79 bits per heavy atom. The lowest BCUT2D eigenvalue weighted by molar-refractivity contribution is -0.137. The normalized spacial score (nSPS) is 23.3. The van der Waals surface area contributed by atoms with E-state index in [1.54, 1.807) is 12.3 Å². The Hall–Kier alpha value is -2.81. The number of piperidine rings is 1. The number of phenols is 1. The molecule has 2 aliphatic rings. The molecule has 9 heteroatoms. The molecule has 1 amide bonds. The molecule has 1 saturated heterocycles. The average Bonchev–Trinajstić information content (AvgIpc) is 2.93. The number of fused-ring (bicyclic) bond motifs is 1. The van der Waals surface area contributed by atoms with Gasteiger partial charge in [-0.15, -0.1) is 0 Å². The van der Waals surface area contributed by atoms with E-state index in [4.69, 9.17) is 31.6 Å². The zero-order chi connectivity index (χ0) is 28.0. The number of aryl methyl sites for hydroxylation is 1. The largest absolute Gasteiger partial charge is 0.506 e. The summed E-state index contributed by atoms with van der Waals surface area (Å²) in [6, 6.07) is 1.63. The molecule has 0 saturated carbocycles. The van der Waals surface area contributed by atoms with E-state index in [0.717, 1.165) is 56.3 Å². The first-order valence-corrected chi connectivity index (χ1v) is 14.2. The van der Waals surface area contributed by atoms with E-state index in [9.17, 15) is 9.90 Å². The minimum Gasteiger partial charge on any atom is -0.506 e. The highest BCUT2D eigenvalue weighted by molar-refractivity contribution is 6.33. The fraction of sp³-hybridized carbons (Fsp3) is 0.533. The standard InChI is InChI=1S/C30H42ClN3O5/c1-22-19-28(35)30(31)27-20-24(33-39-21-29(36)34-15-4-3-5-16-34)10-7-12-25(38-17-8-14-32)11-6-9-23(2)37-18-13-26(22)27/h6-7,10-11,13,18-19,23,25,35H,3-5,8-9,12,14-17,20-21,32H2,1-2H3/b10-7+,11-6+,18-13?,33-24+/t23-,25?/m1/s1. The second-order valence-electron chi connectivity index (χ2n) is 10.00. The van der Waals surface area contributed by atoms with E-state index in [0.29, 0.717) is 30.8 Å². The summed E-state index contributed by atoms with van der Waals surface area (Å²) in [5.74, 6) is -0.0737. The molecule has 1 aromatic carbocycles. The lowest BCUT2D eigenvalue weighted by atomic mass is 9.96. The van der Waals surface area contributed by atoms with Crippen molar-refractivity contribution in [3.05, 3.63) is 58.3 Å². The highest BCUT2D eigenvalue weighted by Gasteiger charge is 2.18. The van der Waals surface area contributed by atoms with Crippen LogP contribution in [0.1, 0.15) is 62.1 Å². The number of oxime groups is 1. The number of amides is 1. The molecule has 8 nitrogen and oxygen atoms in total. The SMILES string of the molecule is Cc1cc(O)c(Cl)c2c1C=CO[C@H](C)C/C=C/C(OCCCN)C/C=C/C(=N\OCC(=O)N1CCCCC1)C2. The fourth-order valence-corrected chi connectivity index (χ4v) is 4.77. The van der Waals surface area contributed by atoms with Gasteiger partial charge in [-0.05, 0) is 87.4 Å². The Kier molecular flexibility index (Phi) is 12.9. The smallest absolute Gasteiger partial charge is 0.263 e. The first-order valence-electron chi connectivity index (χ1n) is 13.8. The third kappa shape index (κ3) is 10.0.